The molecule has 1 nitrogen and oxygen atoms in total. The van der Waals surface area contributed by atoms with Crippen molar-refractivity contribution >= 4 is 0 Å². The van der Waals surface area contributed by atoms with Crippen molar-refractivity contribution in [2.45, 2.75) is 51.9 Å². The summed E-state index contributed by atoms with van der Waals surface area (Å²) in [5.41, 5.74) is 0.577. The highest BCUT2D eigenvalue weighted by Crippen LogP contribution is 2.37. The van der Waals surface area contributed by atoms with E-state index in [1.807, 2.05) is 0 Å². The Kier molecular flexibility index (Phi) is 6.16. The third kappa shape index (κ3) is 4.50. The minimum atomic E-state index is -0.717. The summed E-state index contributed by atoms with van der Waals surface area (Å²) in [6, 6.07) is 4.61. The summed E-state index contributed by atoms with van der Waals surface area (Å²) in [7, 11) is 0. The van der Waals surface area contributed by atoms with Gasteiger partial charge in [-0.2, -0.15) is 0 Å². The van der Waals surface area contributed by atoms with E-state index >= 15 is 0 Å². The van der Waals surface area contributed by atoms with Gasteiger partial charge in [-0.3, -0.25) is 0 Å². The molecule has 1 saturated carbocycles. The Balaban J connectivity index is 2.13. The largest absolute Gasteiger partial charge is 0.316 e. The van der Waals surface area contributed by atoms with Gasteiger partial charge in [-0.05, 0) is 55.3 Å². The van der Waals surface area contributed by atoms with E-state index in [2.05, 4.69) is 19.2 Å². The van der Waals surface area contributed by atoms with Crippen molar-refractivity contribution in [3.8, 4) is 0 Å². The van der Waals surface area contributed by atoms with Crippen LogP contribution in [0.1, 0.15) is 57.4 Å². The molecular weight excluding hydrogens is 268 g/mol. The topological polar surface area (TPSA) is 12.0 Å². The number of nitrogens with one attached hydrogen (secondary N) is 1. The average Bonchev–Trinajstić information content (AvgIpc) is 2.67. The molecule has 0 radical (unpaired) electrons. The van der Waals surface area contributed by atoms with Crippen LogP contribution in [-0.4, -0.2) is 13.1 Å². The minimum Gasteiger partial charge on any atom is -0.316 e. The first-order chi connectivity index (χ1) is 10.1. The third-order valence-electron chi connectivity index (χ3n) is 4.50. The van der Waals surface area contributed by atoms with Crippen molar-refractivity contribution in [1.82, 2.24) is 5.32 Å². The zero-order chi connectivity index (χ0) is 15.2. The predicted molar refractivity (Wildman–Crippen MR) is 83.4 cm³/mol. The molecule has 118 valence electrons. The first-order valence-electron chi connectivity index (χ1n) is 8.24. The van der Waals surface area contributed by atoms with Gasteiger partial charge in [0.2, 0.25) is 0 Å². The summed E-state index contributed by atoms with van der Waals surface area (Å²) < 4.78 is 27.7. The van der Waals surface area contributed by atoms with Crippen molar-refractivity contribution in [3.63, 3.8) is 0 Å². The van der Waals surface area contributed by atoms with Crippen LogP contribution in [0.15, 0.2) is 18.2 Å². The maximum absolute atomic E-state index is 14.1. The Morgan fingerprint density at radius 1 is 1.14 bits per heavy atom. The molecule has 2 rings (SSSR count). The van der Waals surface area contributed by atoms with E-state index in [1.54, 1.807) is 12.1 Å². The van der Waals surface area contributed by atoms with Crippen molar-refractivity contribution < 1.29 is 8.78 Å². The SMILES string of the molecule is CC(C)CNCC1CCCCCC1c1cccc(F)c1F. The van der Waals surface area contributed by atoms with Crippen LogP contribution in [0.5, 0.6) is 0 Å². The van der Waals surface area contributed by atoms with Gasteiger partial charge in [0.15, 0.2) is 11.6 Å². The Bertz CT molecular complexity index is 445. The highest BCUT2D eigenvalue weighted by molar-refractivity contribution is 5.24. The smallest absolute Gasteiger partial charge is 0.162 e. The van der Waals surface area contributed by atoms with Crippen LogP contribution in [0.2, 0.25) is 0 Å². The maximum Gasteiger partial charge on any atom is 0.162 e. The van der Waals surface area contributed by atoms with Gasteiger partial charge in [-0.25, -0.2) is 8.78 Å². The lowest BCUT2D eigenvalue weighted by molar-refractivity contribution is 0.354. The van der Waals surface area contributed by atoms with Crippen LogP contribution in [0, 0.1) is 23.5 Å². The standard InChI is InChI=1S/C18H27F2N/c1-13(2)11-21-12-14-7-4-3-5-8-15(14)16-9-6-10-17(19)18(16)20/h6,9-10,13-15,21H,3-5,7-8,11-12H2,1-2H3. The molecule has 1 N–H and O–H groups in total. The van der Waals surface area contributed by atoms with Crippen LogP contribution in [0.25, 0.3) is 0 Å². The molecule has 0 aliphatic heterocycles. The number of hydrogen-bond acceptors (Lipinski definition) is 1. The molecule has 1 aliphatic carbocycles. The Morgan fingerprint density at radius 3 is 2.67 bits per heavy atom. The lowest BCUT2D eigenvalue weighted by Gasteiger charge is -2.27. The molecule has 3 heteroatoms. The highest BCUT2D eigenvalue weighted by Gasteiger charge is 2.27. The zero-order valence-corrected chi connectivity index (χ0v) is 13.2. The summed E-state index contributed by atoms with van der Waals surface area (Å²) in [4.78, 5) is 0. The molecule has 1 fully saturated rings. The third-order valence-corrected chi connectivity index (χ3v) is 4.50. The second kappa shape index (κ2) is 7.88. The quantitative estimate of drug-likeness (QED) is 0.764. The second-order valence-corrected chi connectivity index (χ2v) is 6.70. The Morgan fingerprint density at radius 2 is 1.90 bits per heavy atom. The van der Waals surface area contributed by atoms with Gasteiger partial charge in [-0.1, -0.05) is 45.2 Å². The first-order valence-corrected chi connectivity index (χ1v) is 8.24. The van der Waals surface area contributed by atoms with Crippen molar-refractivity contribution in [3.05, 3.63) is 35.4 Å². The van der Waals surface area contributed by atoms with E-state index in [0.717, 1.165) is 32.4 Å². The molecule has 21 heavy (non-hydrogen) atoms. The van der Waals surface area contributed by atoms with Gasteiger partial charge >= 0.3 is 0 Å². The fourth-order valence-electron chi connectivity index (χ4n) is 3.40. The molecule has 0 bridgehead atoms. The summed E-state index contributed by atoms with van der Waals surface area (Å²) in [5.74, 6) is -0.200. The molecule has 1 aromatic carbocycles. The molecule has 1 aliphatic rings. The molecule has 0 amide bonds. The minimum absolute atomic E-state index is 0.142. The van der Waals surface area contributed by atoms with Crippen LogP contribution >= 0.6 is 0 Å². The zero-order valence-electron chi connectivity index (χ0n) is 13.2. The highest BCUT2D eigenvalue weighted by atomic mass is 19.2. The molecule has 2 unspecified atom stereocenters. The molecule has 0 saturated heterocycles. The molecule has 0 spiro atoms. The number of rotatable bonds is 5. The normalized spacial score (nSPS) is 23.3. The van der Waals surface area contributed by atoms with Crippen LogP contribution in [0.4, 0.5) is 8.78 Å². The van der Waals surface area contributed by atoms with Gasteiger partial charge < -0.3 is 5.32 Å². The summed E-state index contributed by atoms with van der Waals surface area (Å²) in [6.45, 7) is 6.25. The second-order valence-electron chi connectivity index (χ2n) is 6.70. The fourth-order valence-corrected chi connectivity index (χ4v) is 3.40. The van der Waals surface area contributed by atoms with E-state index < -0.39 is 11.6 Å². The van der Waals surface area contributed by atoms with Crippen molar-refractivity contribution in [2.75, 3.05) is 13.1 Å². The van der Waals surface area contributed by atoms with Crippen molar-refractivity contribution in [2.24, 2.45) is 11.8 Å². The van der Waals surface area contributed by atoms with Crippen LogP contribution in [0.3, 0.4) is 0 Å². The van der Waals surface area contributed by atoms with E-state index in [4.69, 9.17) is 0 Å². The lowest BCUT2D eigenvalue weighted by Crippen LogP contribution is -2.30. The van der Waals surface area contributed by atoms with Gasteiger partial charge in [0.1, 0.15) is 0 Å². The van der Waals surface area contributed by atoms with E-state index in [9.17, 15) is 8.78 Å². The average molecular weight is 295 g/mol. The van der Waals surface area contributed by atoms with E-state index in [0.29, 0.717) is 17.4 Å². The van der Waals surface area contributed by atoms with Gasteiger partial charge in [0, 0.05) is 0 Å². The molecular formula is C18H27F2N. The van der Waals surface area contributed by atoms with Gasteiger partial charge in [0.05, 0.1) is 0 Å². The number of benzene rings is 1. The lowest BCUT2D eigenvalue weighted by atomic mass is 9.82. The molecule has 2 atom stereocenters. The van der Waals surface area contributed by atoms with Crippen molar-refractivity contribution in [1.29, 1.82) is 0 Å². The van der Waals surface area contributed by atoms with Crippen LogP contribution in [-0.2, 0) is 0 Å². The monoisotopic (exact) mass is 295 g/mol. The maximum atomic E-state index is 14.1. The summed E-state index contributed by atoms with van der Waals surface area (Å²) in [5, 5.41) is 3.50. The molecule has 1 aromatic rings. The fraction of sp³-hybridized carbons (Fsp3) is 0.667. The predicted octanol–water partition coefficient (Wildman–Crippen LogP) is 4.87. The number of hydrogen-bond donors (Lipinski definition) is 1. The number of halogens is 2. The molecule has 0 heterocycles. The summed E-state index contributed by atoms with van der Waals surface area (Å²) in [6.07, 6.45) is 5.58. The van der Waals surface area contributed by atoms with Crippen LogP contribution < -0.4 is 5.32 Å². The van der Waals surface area contributed by atoms with E-state index in [-0.39, 0.29) is 5.92 Å². The first kappa shape index (κ1) is 16.4. The van der Waals surface area contributed by atoms with Gasteiger partial charge in [0.25, 0.3) is 0 Å². The Labute approximate surface area is 127 Å². The van der Waals surface area contributed by atoms with Gasteiger partial charge in [-0.15, -0.1) is 0 Å². The van der Waals surface area contributed by atoms with E-state index in [1.165, 1.54) is 18.9 Å². The molecule has 0 aromatic heterocycles. The summed E-state index contributed by atoms with van der Waals surface area (Å²) >= 11 is 0. The Hall–Kier alpha value is -0.960.